The molecule has 4 aromatic rings. The van der Waals surface area contributed by atoms with Crippen LogP contribution in [0.4, 0.5) is 14.7 Å². The number of aliphatic carboxylic acids is 1. The minimum Gasteiger partial charge on any atom is -0.480 e. The SMILES string of the molecule is Cc1cc2nc(C)c(Cc3ccccc3OC(F)F)n2cc1-c1cnc(N2CCN(C(C)C(=O)O)CC2)nc1. The number of piperazine rings is 1. The van der Waals surface area contributed by atoms with Crippen molar-refractivity contribution in [1.82, 2.24) is 24.3 Å². The van der Waals surface area contributed by atoms with E-state index < -0.39 is 18.6 Å². The number of aromatic nitrogens is 4. The van der Waals surface area contributed by atoms with Crippen molar-refractivity contribution in [2.24, 2.45) is 0 Å². The van der Waals surface area contributed by atoms with E-state index >= 15 is 0 Å². The van der Waals surface area contributed by atoms with Gasteiger partial charge in [-0.2, -0.15) is 8.78 Å². The lowest BCUT2D eigenvalue weighted by Crippen LogP contribution is -2.52. The molecule has 1 aliphatic heterocycles. The number of para-hydroxylation sites is 1. The highest BCUT2D eigenvalue weighted by Crippen LogP contribution is 2.29. The van der Waals surface area contributed by atoms with Crippen LogP contribution in [0.2, 0.25) is 0 Å². The van der Waals surface area contributed by atoms with Crippen LogP contribution in [0.3, 0.4) is 0 Å². The van der Waals surface area contributed by atoms with Crippen molar-refractivity contribution in [3.8, 4) is 16.9 Å². The Morgan fingerprint density at radius 3 is 2.46 bits per heavy atom. The first-order valence-electron chi connectivity index (χ1n) is 12.8. The van der Waals surface area contributed by atoms with Crippen LogP contribution in [0.5, 0.6) is 5.75 Å². The summed E-state index contributed by atoms with van der Waals surface area (Å²) in [5.74, 6) is -0.0651. The zero-order valence-electron chi connectivity index (χ0n) is 22.0. The molecule has 1 saturated heterocycles. The first-order valence-corrected chi connectivity index (χ1v) is 12.8. The van der Waals surface area contributed by atoms with Gasteiger partial charge in [0.05, 0.1) is 5.69 Å². The third-order valence-corrected chi connectivity index (χ3v) is 7.26. The lowest BCUT2D eigenvalue weighted by molar-refractivity contribution is -0.142. The van der Waals surface area contributed by atoms with Crippen molar-refractivity contribution in [3.63, 3.8) is 0 Å². The van der Waals surface area contributed by atoms with Crippen LogP contribution in [0.1, 0.15) is 29.4 Å². The average molecular weight is 537 g/mol. The van der Waals surface area contributed by atoms with Gasteiger partial charge in [0.1, 0.15) is 17.4 Å². The van der Waals surface area contributed by atoms with Gasteiger partial charge in [-0.3, -0.25) is 9.69 Å². The Kier molecular flexibility index (Phi) is 7.42. The number of carboxylic acids is 1. The number of hydrogen-bond donors (Lipinski definition) is 1. The second-order valence-corrected chi connectivity index (χ2v) is 9.71. The predicted molar refractivity (Wildman–Crippen MR) is 142 cm³/mol. The van der Waals surface area contributed by atoms with Crippen molar-refractivity contribution in [3.05, 3.63) is 71.4 Å². The maximum atomic E-state index is 12.9. The van der Waals surface area contributed by atoms with Crippen LogP contribution in [0.25, 0.3) is 16.8 Å². The summed E-state index contributed by atoms with van der Waals surface area (Å²) in [6.45, 7) is 5.26. The van der Waals surface area contributed by atoms with Crippen molar-refractivity contribution in [2.45, 2.75) is 39.8 Å². The maximum Gasteiger partial charge on any atom is 0.387 e. The summed E-state index contributed by atoms with van der Waals surface area (Å²) in [4.78, 5) is 29.2. The number of alkyl halides is 2. The van der Waals surface area contributed by atoms with Gasteiger partial charge < -0.3 is 19.1 Å². The maximum absolute atomic E-state index is 12.9. The minimum atomic E-state index is -2.90. The Morgan fingerprint density at radius 1 is 1.10 bits per heavy atom. The monoisotopic (exact) mass is 536 g/mol. The number of carbonyl (C=O) groups is 1. The topological polar surface area (TPSA) is 96.1 Å². The van der Waals surface area contributed by atoms with E-state index in [1.807, 2.05) is 35.4 Å². The third-order valence-electron chi connectivity index (χ3n) is 7.26. The molecule has 39 heavy (non-hydrogen) atoms. The number of nitrogens with zero attached hydrogens (tertiary/aromatic N) is 6. The molecule has 0 amide bonds. The average Bonchev–Trinajstić information content (AvgIpc) is 3.22. The fraction of sp³-hybridized carbons (Fsp3) is 0.357. The second kappa shape index (κ2) is 10.9. The van der Waals surface area contributed by atoms with E-state index in [4.69, 9.17) is 9.72 Å². The van der Waals surface area contributed by atoms with Crippen LogP contribution in [-0.4, -0.2) is 74.2 Å². The zero-order valence-corrected chi connectivity index (χ0v) is 22.0. The molecule has 1 fully saturated rings. The Balaban J connectivity index is 1.39. The zero-order chi connectivity index (χ0) is 27.7. The normalized spacial score (nSPS) is 15.2. The molecule has 0 bridgehead atoms. The van der Waals surface area contributed by atoms with Crippen molar-refractivity contribution >= 4 is 17.6 Å². The van der Waals surface area contributed by atoms with Gasteiger partial charge in [0.25, 0.3) is 0 Å². The third kappa shape index (κ3) is 5.53. The highest BCUT2D eigenvalue weighted by Gasteiger charge is 2.26. The molecule has 3 aromatic heterocycles. The Morgan fingerprint density at radius 2 is 1.79 bits per heavy atom. The lowest BCUT2D eigenvalue weighted by atomic mass is 10.1. The van der Waals surface area contributed by atoms with E-state index in [0.717, 1.165) is 33.7 Å². The highest BCUT2D eigenvalue weighted by molar-refractivity contribution is 5.73. The summed E-state index contributed by atoms with van der Waals surface area (Å²) in [6.07, 6.45) is 5.94. The Hall–Kier alpha value is -4.12. The van der Waals surface area contributed by atoms with Gasteiger partial charge >= 0.3 is 12.6 Å². The van der Waals surface area contributed by atoms with Gasteiger partial charge in [0.2, 0.25) is 5.95 Å². The number of fused-ring (bicyclic) bond motifs is 1. The molecule has 1 atom stereocenters. The minimum absolute atomic E-state index is 0.149. The summed E-state index contributed by atoms with van der Waals surface area (Å²) in [5, 5.41) is 9.26. The van der Waals surface area contributed by atoms with Crippen LogP contribution < -0.4 is 9.64 Å². The summed E-state index contributed by atoms with van der Waals surface area (Å²) in [7, 11) is 0. The van der Waals surface area contributed by atoms with Crippen molar-refractivity contribution in [2.75, 3.05) is 31.1 Å². The molecule has 11 heteroatoms. The number of ether oxygens (including phenoxy) is 1. The van der Waals surface area contributed by atoms with E-state index in [1.165, 1.54) is 0 Å². The molecule has 1 aliphatic rings. The van der Waals surface area contributed by atoms with Gasteiger partial charge in [-0.25, -0.2) is 15.0 Å². The number of aryl methyl sites for hydroxylation is 2. The number of imidazole rings is 1. The molecule has 0 radical (unpaired) electrons. The molecule has 0 spiro atoms. The lowest BCUT2D eigenvalue weighted by Gasteiger charge is -2.36. The summed E-state index contributed by atoms with van der Waals surface area (Å²) >= 11 is 0. The number of rotatable bonds is 8. The number of hydrogen-bond acceptors (Lipinski definition) is 7. The largest absolute Gasteiger partial charge is 0.480 e. The van der Waals surface area contributed by atoms with Crippen LogP contribution in [0, 0.1) is 13.8 Å². The summed E-state index contributed by atoms with van der Waals surface area (Å²) < 4.78 is 32.6. The van der Waals surface area contributed by atoms with Gasteiger partial charge in [0, 0.05) is 73.6 Å². The highest BCUT2D eigenvalue weighted by atomic mass is 19.3. The van der Waals surface area contributed by atoms with Gasteiger partial charge in [0.15, 0.2) is 0 Å². The molecule has 0 aliphatic carbocycles. The smallest absolute Gasteiger partial charge is 0.387 e. The number of benzene rings is 1. The summed E-state index contributed by atoms with van der Waals surface area (Å²) in [5.41, 5.74) is 5.88. The molecule has 9 nitrogen and oxygen atoms in total. The molecule has 204 valence electrons. The molecule has 4 heterocycles. The van der Waals surface area contributed by atoms with E-state index in [-0.39, 0.29) is 5.75 Å². The Labute approximate surface area is 224 Å². The van der Waals surface area contributed by atoms with Crippen molar-refractivity contribution in [1.29, 1.82) is 0 Å². The number of anilines is 1. The van der Waals surface area contributed by atoms with Gasteiger partial charge in [-0.1, -0.05) is 18.2 Å². The predicted octanol–water partition coefficient (Wildman–Crippen LogP) is 4.20. The van der Waals surface area contributed by atoms with E-state index in [2.05, 4.69) is 14.9 Å². The first-order chi connectivity index (χ1) is 18.7. The number of halogens is 2. The fourth-order valence-corrected chi connectivity index (χ4v) is 5.00. The molecular weight excluding hydrogens is 506 g/mol. The first kappa shape index (κ1) is 26.5. The van der Waals surface area contributed by atoms with Gasteiger partial charge in [-0.15, -0.1) is 0 Å². The molecular formula is C28H30F2N6O3. The Bertz CT molecular complexity index is 1480. The molecule has 5 rings (SSSR count). The molecule has 1 unspecified atom stereocenters. The van der Waals surface area contributed by atoms with Crippen molar-refractivity contribution < 1.29 is 23.4 Å². The van der Waals surface area contributed by atoms with E-state index in [0.29, 0.717) is 44.1 Å². The standard InChI is InChI=1S/C28H30F2N6O3/c1-17-12-25-33-18(2)23(13-20-6-4-5-7-24(20)39-27(29)30)36(25)16-22(17)21-14-31-28(32-15-21)35-10-8-34(9-11-35)19(3)26(37)38/h4-7,12,14-16,19,27H,8-11,13H2,1-3H3,(H,37,38). The van der Waals surface area contributed by atoms with Gasteiger partial charge in [-0.05, 0) is 38.5 Å². The fourth-order valence-electron chi connectivity index (χ4n) is 5.00. The number of pyridine rings is 1. The van der Waals surface area contributed by atoms with Crippen LogP contribution >= 0.6 is 0 Å². The van der Waals surface area contributed by atoms with Crippen LogP contribution in [-0.2, 0) is 11.2 Å². The molecule has 1 aromatic carbocycles. The molecule has 0 saturated carbocycles. The van der Waals surface area contributed by atoms with E-state index in [9.17, 15) is 18.7 Å². The van der Waals surface area contributed by atoms with E-state index in [1.54, 1.807) is 43.6 Å². The number of carboxylic acid groups (broad SMARTS) is 1. The summed E-state index contributed by atoms with van der Waals surface area (Å²) in [6, 6.07) is 8.26. The van der Waals surface area contributed by atoms with Crippen LogP contribution in [0.15, 0.2) is 48.9 Å². The molecule has 1 N–H and O–H groups in total. The quantitative estimate of drug-likeness (QED) is 0.358. The second-order valence-electron chi connectivity index (χ2n) is 9.71.